The summed E-state index contributed by atoms with van der Waals surface area (Å²) in [6.45, 7) is 3.81. The Morgan fingerprint density at radius 1 is 1.20 bits per heavy atom. The Kier molecular flexibility index (Phi) is 4.65. The molecule has 0 radical (unpaired) electrons. The van der Waals surface area contributed by atoms with Crippen LogP contribution in [-0.2, 0) is 30.8 Å². The first-order valence-electron chi connectivity index (χ1n) is 8.90. The van der Waals surface area contributed by atoms with Crippen LogP contribution < -0.4 is 10.1 Å². The van der Waals surface area contributed by atoms with E-state index in [1.165, 1.54) is 6.42 Å². The summed E-state index contributed by atoms with van der Waals surface area (Å²) in [6, 6.07) is 8.00. The number of carbonyl (C=O) groups is 1. The number of benzene rings is 1. The average Bonchev–Trinajstić information content (AvgIpc) is 2.93. The van der Waals surface area contributed by atoms with Crippen LogP contribution in [0.5, 0.6) is 5.75 Å². The maximum atomic E-state index is 12.3. The quantitative estimate of drug-likeness (QED) is 0.902. The molecule has 1 aromatic heterocycles. The van der Waals surface area contributed by atoms with Crippen molar-refractivity contribution in [1.82, 2.24) is 25.0 Å². The van der Waals surface area contributed by atoms with Crippen molar-refractivity contribution in [2.24, 2.45) is 0 Å². The molecule has 0 unspecified atom stereocenters. The Bertz CT molecular complexity index is 758. The monoisotopic (exact) mass is 341 g/mol. The average molecular weight is 341 g/mol. The van der Waals surface area contributed by atoms with Crippen LogP contribution in [0.25, 0.3) is 0 Å². The van der Waals surface area contributed by atoms with Gasteiger partial charge < -0.3 is 14.6 Å². The highest BCUT2D eigenvalue weighted by Gasteiger charge is 2.19. The van der Waals surface area contributed by atoms with Crippen molar-refractivity contribution in [3.8, 4) is 5.75 Å². The maximum absolute atomic E-state index is 12.3. The second-order valence-corrected chi connectivity index (χ2v) is 6.58. The number of hydrogen-bond donors (Lipinski definition) is 1. The second-order valence-electron chi connectivity index (χ2n) is 6.58. The Balaban J connectivity index is 1.33. The summed E-state index contributed by atoms with van der Waals surface area (Å²) in [4.78, 5) is 14.5. The molecule has 0 fully saturated rings. The number of aryl methyl sites for hydroxylation is 1. The molecule has 3 heterocycles. The minimum atomic E-state index is 0.00698. The van der Waals surface area contributed by atoms with Crippen molar-refractivity contribution < 1.29 is 9.53 Å². The number of nitrogens with zero attached hydrogens (tertiary/aromatic N) is 4. The van der Waals surface area contributed by atoms with Gasteiger partial charge in [-0.2, -0.15) is 0 Å². The van der Waals surface area contributed by atoms with E-state index < -0.39 is 0 Å². The molecule has 25 heavy (non-hydrogen) atoms. The molecular formula is C18H23N5O2. The van der Waals surface area contributed by atoms with Crippen molar-refractivity contribution in [2.45, 2.75) is 38.9 Å². The van der Waals surface area contributed by atoms with E-state index in [-0.39, 0.29) is 5.91 Å². The number of nitrogens with one attached hydrogen (secondary N) is 1. The summed E-state index contributed by atoms with van der Waals surface area (Å²) in [5, 5.41) is 11.4. The van der Waals surface area contributed by atoms with Gasteiger partial charge in [0, 0.05) is 31.6 Å². The number of carbonyl (C=O) groups excluding carboxylic acids is 1. The van der Waals surface area contributed by atoms with Crippen LogP contribution in [0.15, 0.2) is 24.3 Å². The molecule has 0 spiro atoms. The Labute approximate surface area is 147 Å². The van der Waals surface area contributed by atoms with Gasteiger partial charge in [0.25, 0.3) is 0 Å². The molecule has 0 saturated heterocycles. The minimum Gasteiger partial charge on any atom is -0.492 e. The van der Waals surface area contributed by atoms with E-state index in [2.05, 4.69) is 25.0 Å². The number of ether oxygens (including phenoxy) is 1. The summed E-state index contributed by atoms with van der Waals surface area (Å²) in [7, 11) is 0. The van der Waals surface area contributed by atoms with Gasteiger partial charge in [-0.25, -0.2) is 0 Å². The van der Waals surface area contributed by atoms with Crippen LogP contribution in [-0.4, -0.2) is 45.3 Å². The predicted octanol–water partition coefficient (Wildman–Crippen LogP) is 1.13. The van der Waals surface area contributed by atoms with Gasteiger partial charge in [-0.3, -0.25) is 9.69 Å². The van der Waals surface area contributed by atoms with E-state index in [0.717, 1.165) is 55.4 Å². The molecule has 0 aliphatic carbocycles. The van der Waals surface area contributed by atoms with Gasteiger partial charge >= 0.3 is 0 Å². The fourth-order valence-corrected chi connectivity index (χ4v) is 3.45. The molecule has 0 saturated carbocycles. The third-order valence-corrected chi connectivity index (χ3v) is 4.78. The van der Waals surface area contributed by atoms with E-state index in [9.17, 15) is 4.79 Å². The summed E-state index contributed by atoms with van der Waals surface area (Å²) >= 11 is 0. The van der Waals surface area contributed by atoms with E-state index >= 15 is 0 Å². The molecule has 7 nitrogen and oxygen atoms in total. The lowest BCUT2D eigenvalue weighted by molar-refractivity contribution is -0.122. The summed E-state index contributed by atoms with van der Waals surface area (Å²) < 4.78 is 7.89. The lowest BCUT2D eigenvalue weighted by atomic mass is 10.2. The van der Waals surface area contributed by atoms with Gasteiger partial charge in [0.2, 0.25) is 5.91 Å². The number of amides is 1. The largest absolute Gasteiger partial charge is 0.492 e. The zero-order valence-corrected chi connectivity index (χ0v) is 14.3. The molecule has 2 aliphatic heterocycles. The van der Waals surface area contributed by atoms with Crippen LogP contribution in [0.2, 0.25) is 0 Å². The zero-order valence-electron chi connectivity index (χ0n) is 14.3. The summed E-state index contributed by atoms with van der Waals surface area (Å²) in [5.74, 6) is 2.82. The predicted molar refractivity (Wildman–Crippen MR) is 92.0 cm³/mol. The Morgan fingerprint density at radius 3 is 3.08 bits per heavy atom. The third kappa shape index (κ3) is 3.66. The third-order valence-electron chi connectivity index (χ3n) is 4.78. The minimum absolute atomic E-state index is 0.00698. The van der Waals surface area contributed by atoms with Crippen LogP contribution in [0.4, 0.5) is 0 Å². The van der Waals surface area contributed by atoms with E-state index in [1.54, 1.807) is 0 Å². The molecule has 132 valence electrons. The van der Waals surface area contributed by atoms with Crippen LogP contribution in [0.1, 0.15) is 30.1 Å². The number of aromatic nitrogens is 3. The van der Waals surface area contributed by atoms with Gasteiger partial charge in [-0.05, 0) is 18.9 Å². The molecule has 0 bridgehead atoms. The van der Waals surface area contributed by atoms with Gasteiger partial charge in [-0.15, -0.1) is 10.2 Å². The summed E-state index contributed by atoms with van der Waals surface area (Å²) in [6.07, 6.45) is 3.30. The highest BCUT2D eigenvalue weighted by molar-refractivity contribution is 5.77. The SMILES string of the molecule is O=C(CN1CCOc2ccccc2C1)NCc1nnc2n1CCCC2. The highest BCUT2D eigenvalue weighted by Crippen LogP contribution is 2.22. The standard InChI is InChI=1S/C18H23N5O2/c24-18(19-11-17-21-20-16-7-3-4-8-23(16)17)13-22-9-10-25-15-6-2-1-5-14(15)12-22/h1-2,5-6H,3-4,7-13H2,(H,19,24). The van der Waals surface area contributed by atoms with Crippen molar-refractivity contribution in [2.75, 3.05) is 19.7 Å². The number of para-hydroxylation sites is 1. The van der Waals surface area contributed by atoms with E-state index in [0.29, 0.717) is 19.7 Å². The number of fused-ring (bicyclic) bond motifs is 2. The highest BCUT2D eigenvalue weighted by atomic mass is 16.5. The van der Waals surface area contributed by atoms with Gasteiger partial charge in [-0.1, -0.05) is 18.2 Å². The first-order chi connectivity index (χ1) is 12.3. The van der Waals surface area contributed by atoms with Crippen LogP contribution >= 0.6 is 0 Å². The van der Waals surface area contributed by atoms with Gasteiger partial charge in [0.15, 0.2) is 5.82 Å². The maximum Gasteiger partial charge on any atom is 0.234 e. The molecule has 1 aromatic carbocycles. The van der Waals surface area contributed by atoms with Crippen molar-refractivity contribution >= 4 is 5.91 Å². The second kappa shape index (κ2) is 7.23. The molecule has 1 amide bonds. The molecule has 7 heteroatoms. The molecule has 1 N–H and O–H groups in total. The Morgan fingerprint density at radius 2 is 2.12 bits per heavy atom. The van der Waals surface area contributed by atoms with Crippen molar-refractivity contribution in [3.63, 3.8) is 0 Å². The molecular weight excluding hydrogens is 318 g/mol. The van der Waals surface area contributed by atoms with E-state index in [1.807, 2.05) is 24.3 Å². The molecule has 2 aromatic rings. The number of rotatable bonds is 4. The van der Waals surface area contributed by atoms with Crippen molar-refractivity contribution in [1.29, 1.82) is 0 Å². The van der Waals surface area contributed by atoms with Crippen LogP contribution in [0, 0.1) is 0 Å². The fraction of sp³-hybridized carbons (Fsp3) is 0.500. The van der Waals surface area contributed by atoms with E-state index in [4.69, 9.17) is 4.74 Å². The molecule has 0 atom stereocenters. The first kappa shape index (κ1) is 16.1. The van der Waals surface area contributed by atoms with Gasteiger partial charge in [0.05, 0.1) is 13.1 Å². The lowest BCUT2D eigenvalue weighted by Crippen LogP contribution is -2.38. The van der Waals surface area contributed by atoms with Crippen molar-refractivity contribution in [3.05, 3.63) is 41.5 Å². The topological polar surface area (TPSA) is 72.3 Å². The Hall–Kier alpha value is -2.41. The first-order valence-corrected chi connectivity index (χ1v) is 8.90. The summed E-state index contributed by atoms with van der Waals surface area (Å²) in [5.41, 5.74) is 1.12. The lowest BCUT2D eigenvalue weighted by Gasteiger charge is -2.19. The zero-order chi connectivity index (χ0) is 17.1. The van der Waals surface area contributed by atoms with Crippen LogP contribution in [0.3, 0.4) is 0 Å². The number of hydrogen-bond acceptors (Lipinski definition) is 5. The van der Waals surface area contributed by atoms with Gasteiger partial charge in [0.1, 0.15) is 18.2 Å². The molecule has 4 rings (SSSR count). The normalized spacial score (nSPS) is 17.1. The smallest absolute Gasteiger partial charge is 0.234 e. The molecule has 2 aliphatic rings. The fourth-order valence-electron chi connectivity index (χ4n) is 3.45.